The number of para-hydroxylation sites is 1. The van der Waals surface area contributed by atoms with Crippen molar-refractivity contribution in [3.63, 3.8) is 0 Å². The van der Waals surface area contributed by atoms with Crippen LogP contribution in [-0.4, -0.2) is 4.98 Å². The molecule has 3 aromatic carbocycles. The SMILES string of the molecule is Cc1c(-c2ccc(N)cc2)ccc2cnc3ccccc3c12. The molecule has 0 aliphatic carbocycles. The number of hydrogen-bond donors (Lipinski definition) is 1. The number of aromatic nitrogens is 1. The van der Waals surface area contributed by atoms with Gasteiger partial charge in [-0.05, 0) is 47.2 Å². The maximum absolute atomic E-state index is 5.80. The average Bonchev–Trinajstić information content (AvgIpc) is 2.56. The van der Waals surface area contributed by atoms with Gasteiger partial charge >= 0.3 is 0 Å². The van der Waals surface area contributed by atoms with Crippen LogP contribution in [0.25, 0.3) is 32.8 Å². The molecule has 4 aromatic rings. The van der Waals surface area contributed by atoms with Crippen LogP contribution in [-0.2, 0) is 0 Å². The van der Waals surface area contributed by atoms with Gasteiger partial charge in [-0.2, -0.15) is 0 Å². The van der Waals surface area contributed by atoms with Gasteiger partial charge in [0.05, 0.1) is 5.52 Å². The molecule has 106 valence electrons. The van der Waals surface area contributed by atoms with E-state index in [4.69, 9.17) is 5.73 Å². The smallest absolute Gasteiger partial charge is 0.0708 e. The molecule has 1 aromatic heterocycles. The first-order valence-electron chi connectivity index (χ1n) is 7.37. The first-order chi connectivity index (χ1) is 10.7. The van der Waals surface area contributed by atoms with E-state index in [1.807, 2.05) is 24.4 Å². The summed E-state index contributed by atoms with van der Waals surface area (Å²) < 4.78 is 0. The Kier molecular flexibility index (Phi) is 2.83. The minimum Gasteiger partial charge on any atom is -0.399 e. The molecule has 0 radical (unpaired) electrons. The van der Waals surface area contributed by atoms with Gasteiger partial charge in [0, 0.05) is 22.7 Å². The lowest BCUT2D eigenvalue weighted by atomic mass is 9.94. The zero-order chi connectivity index (χ0) is 15.1. The Morgan fingerprint density at radius 3 is 2.45 bits per heavy atom. The van der Waals surface area contributed by atoms with E-state index in [0.717, 1.165) is 11.2 Å². The number of nitrogen functional groups attached to an aromatic ring is 1. The highest BCUT2D eigenvalue weighted by Gasteiger charge is 2.09. The summed E-state index contributed by atoms with van der Waals surface area (Å²) >= 11 is 0. The van der Waals surface area contributed by atoms with E-state index in [2.05, 4.69) is 54.4 Å². The quantitative estimate of drug-likeness (QED) is 0.397. The number of aryl methyl sites for hydroxylation is 1. The largest absolute Gasteiger partial charge is 0.399 e. The molecule has 2 nitrogen and oxygen atoms in total. The van der Waals surface area contributed by atoms with Crippen molar-refractivity contribution in [2.45, 2.75) is 6.92 Å². The molecule has 0 saturated heterocycles. The van der Waals surface area contributed by atoms with Gasteiger partial charge in [-0.1, -0.05) is 42.5 Å². The number of benzene rings is 3. The zero-order valence-corrected chi connectivity index (χ0v) is 12.4. The lowest BCUT2D eigenvalue weighted by molar-refractivity contribution is 1.43. The second-order valence-electron chi connectivity index (χ2n) is 5.60. The summed E-state index contributed by atoms with van der Waals surface area (Å²) in [6.45, 7) is 2.18. The number of rotatable bonds is 1. The Bertz CT molecular complexity index is 986. The van der Waals surface area contributed by atoms with Crippen LogP contribution < -0.4 is 5.73 Å². The fourth-order valence-corrected chi connectivity index (χ4v) is 3.11. The molecule has 2 N–H and O–H groups in total. The van der Waals surface area contributed by atoms with E-state index in [1.54, 1.807) is 0 Å². The van der Waals surface area contributed by atoms with Crippen LogP contribution >= 0.6 is 0 Å². The van der Waals surface area contributed by atoms with Gasteiger partial charge < -0.3 is 5.73 Å². The Balaban J connectivity index is 2.07. The molecule has 4 rings (SSSR count). The number of nitrogens with zero attached hydrogens (tertiary/aromatic N) is 1. The second-order valence-corrected chi connectivity index (χ2v) is 5.60. The van der Waals surface area contributed by atoms with E-state index in [9.17, 15) is 0 Å². The van der Waals surface area contributed by atoms with Crippen molar-refractivity contribution in [1.82, 2.24) is 4.98 Å². The lowest BCUT2D eigenvalue weighted by Crippen LogP contribution is -1.90. The van der Waals surface area contributed by atoms with Crippen molar-refractivity contribution in [3.8, 4) is 11.1 Å². The number of pyridine rings is 1. The molecular formula is C20H16N2. The van der Waals surface area contributed by atoms with Crippen LogP contribution in [0.4, 0.5) is 5.69 Å². The summed E-state index contributed by atoms with van der Waals surface area (Å²) in [7, 11) is 0. The van der Waals surface area contributed by atoms with Crippen LogP contribution in [0, 0.1) is 6.92 Å². The summed E-state index contributed by atoms with van der Waals surface area (Å²) in [5.41, 5.74) is 11.3. The van der Waals surface area contributed by atoms with Crippen molar-refractivity contribution < 1.29 is 0 Å². The molecule has 0 aliphatic heterocycles. The van der Waals surface area contributed by atoms with Gasteiger partial charge in [-0.3, -0.25) is 4.98 Å². The highest BCUT2D eigenvalue weighted by molar-refractivity contribution is 6.09. The number of hydrogen-bond acceptors (Lipinski definition) is 2. The third-order valence-electron chi connectivity index (χ3n) is 4.24. The normalized spacial score (nSPS) is 11.1. The Labute approximate surface area is 129 Å². The third-order valence-corrected chi connectivity index (χ3v) is 4.24. The average molecular weight is 284 g/mol. The first-order valence-corrected chi connectivity index (χ1v) is 7.37. The molecule has 0 amide bonds. The highest BCUT2D eigenvalue weighted by Crippen LogP contribution is 2.33. The Hall–Kier alpha value is -2.87. The Morgan fingerprint density at radius 1 is 0.864 bits per heavy atom. The molecule has 22 heavy (non-hydrogen) atoms. The van der Waals surface area contributed by atoms with Crippen LogP contribution in [0.5, 0.6) is 0 Å². The highest BCUT2D eigenvalue weighted by atomic mass is 14.6. The fraction of sp³-hybridized carbons (Fsp3) is 0.0500. The molecule has 0 aliphatic rings. The maximum atomic E-state index is 5.80. The van der Waals surface area contributed by atoms with Crippen molar-refractivity contribution in [2.24, 2.45) is 0 Å². The minimum absolute atomic E-state index is 0.789. The maximum Gasteiger partial charge on any atom is 0.0708 e. The van der Waals surface area contributed by atoms with E-state index in [1.165, 1.54) is 32.8 Å². The van der Waals surface area contributed by atoms with Gasteiger partial charge in [0.1, 0.15) is 0 Å². The molecule has 0 atom stereocenters. The molecular weight excluding hydrogens is 268 g/mol. The number of fused-ring (bicyclic) bond motifs is 3. The second kappa shape index (κ2) is 4.85. The predicted molar refractivity (Wildman–Crippen MR) is 93.8 cm³/mol. The number of nitrogens with two attached hydrogens (primary N) is 1. The molecule has 1 heterocycles. The van der Waals surface area contributed by atoms with Crippen LogP contribution in [0.15, 0.2) is 66.9 Å². The summed E-state index contributed by atoms with van der Waals surface area (Å²) in [4.78, 5) is 4.55. The van der Waals surface area contributed by atoms with Crippen LogP contribution in [0.1, 0.15) is 5.56 Å². The molecule has 0 bridgehead atoms. The summed E-state index contributed by atoms with van der Waals surface area (Å²) in [5, 5.41) is 3.66. The van der Waals surface area contributed by atoms with Gasteiger partial charge in [-0.25, -0.2) is 0 Å². The summed E-state index contributed by atoms with van der Waals surface area (Å²) in [6, 6.07) is 20.7. The topological polar surface area (TPSA) is 38.9 Å². The van der Waals surface area contributed by atoms with Gasteiger partial charge in [0.15, 0.2) is 0 Å². The molecule has 0 saturated carbocycles. The first kappa shape index (κ1) is 12.8. The summed E-state index contributed by atoms with van der Waals surface area (Å²) in [5.74, 6) is 0. The standard InChI is InChI=1S/C20H16N2/c1-13-17(14-6-9-16(21)10-7-14)11-8-15-12-22-19-5-3-2-4-18(19)20(13)15/h2-12H,21H2,1H3. The van der Waals surface area contributed by atoms with Crippen molar-refractivity contribution >= 4 is 27.4 Å². The van der Waals surface area contributed by atoms with Gasteiger partial charge in [0.2, 0.25) is 0 Å². The zero-order valence-electron chi connectivity index (χ0n) is 12.4. The number of anilines is 1. The van der Waals surface area contributed by atoms with Gasteiger partial charge in [0.25, 0.3) is 0 Å². The summed E-state index contributed by atoms with van der Waals surface area (Å²) in [6.07, 6.45) is 1.96. The van der Waals surface area contributed by atoms with Crippen molar-refractivity contribution in [2.75, 3.05) is 5.73 Å². The monoisotopic (exact) mass is 284 g/mol. The van der Waals surface area contributed by atoms with E-state index in [0.29, 0.717) is 0 Å². The molecule has 0 fully saturated rings. The third kappa shape index (κ3) is 1.92. The van der Waals surface area contributed by atoms with Crippen LogP contribution in [0.2, 0.25) is 0 Å². The van der Waals surface area contributed by atoms with Crippen molar-refractivity contribution in [1.29, 1.82) is 0 Å². The van der Waals surface area contributed by atoms with Crippen molar-refractivity contribution in [3.05, 3.63) is 72.4 Å². The Morgan fingerprint density at radius 2 is 1.64 bits per heavy atom. The molecule has 0 unspecified atom stereocenters. The van der Waals surface area contributed by atoms with E-state index in [-0.39, 0.29) is 0 Å². The van der Waals surface area contributed by atoms with Crippen LogP contribution in [0.3, 0.4) is 0 Å². The predicted octanol–water partition coefficient (Wildman–Crippen LogP) is 4.95. The lowest BCUT2D eigenvalue weighted by Gasteiger charge is -2.12. The molecule has 0 spiro atoms. The minimum atomic E-state index is 0.789. The molecule has 2 heteroatoms. The van der Waals surface area contributed by atoms with E-state index < -0.39 is 0 Å². The van der Waals surface area contributed by atoms with Gasteiger partial charge in [-0.15, -0.1) is 0 Å². The van der Waals surface area contributed by atoms with E-state index >= 15 is 0 Å². The fourth-order valence-electron chi connectivity index (χ4n) is 3.11.